The van der Waals surface area contributed by atoms with Crippen molar-refractivity contribution in [3.63, 3.8) is 0 Å². The number of rotatable bonds is 6. The number of hydrogen-bond acceptors (Lipinski definition) is 6. The van der Waals surface area contributed by atoms with Crippen LogP contribution in [0, 0.1) is 11.8 Å². The van der Waals surface area contributed by atoms with Crippen LogP contribution >= 0.6 is 0 Å². The third-order valence-electron chi connectivity index (χ3n) is 7.39. The molecule has 3 aliphatic carbocycles. The number of hydrogen-bond donors (Lipinski definition) is 2. The van der Waals surface area contributed by atoms with Gasteiger partial charge in [-0.05, 0) is 77.0 Å². The minimum absolute atomic E-state index is 0. The van der Waals surface area contributed by atoms with Crippen molar-refractivity contribution in [1.82, 2.24) is 0 Å². The van der Waals surface area contributed by atoms with Crippen molar-refractivity contribution >= 4 is 0 Å². The zero-order valence-corrected chi connectivity index (χ0v) is 20.5. The van der Waals surface area contributed by atoms with Crippen LogP contribution in [0.3, 0.4) is 0 Å². The molecule has 5 aliphatic rings. The van der Waals surface area contributed by atoms with E-state index < -0.39 is 0 Å². The van der Waals surface area contributed by atoms with Gasteiger partial charge >= 0.3 is 0 Å². The molecule has 6 atom stereocenters. The zero-order chi connectivity index (χ0) is 22.8. The van der Waals surface area contributed by atoms with Crippen LogP contribution in [-0.4, -0.2) is 73.3 Å². The molecule has 0 aromatic carbocycles. The molecule has 2 saturated heterocycles. The molecule has 5 fully saturated rings. The van der Waals surface area contributed by atoms with Crippen molar-refractivity contribution in [1.29, 1.82) is 0 Å². The minimum Gasteiger partial charge on any atom is -0.390 e. The van der Waals surface area contributed by atoms with E-state index in [1.54, 1.807) is 0 Å². The summed E-state index contributed by atoms with van der Waals surface area (Å²) in [5.41, 5.74) is 0. The second-order valence-electron chi connectivity index (χ2n) is 10.6. The highest BCUT2D eigenvalue weighted by molar-refractivity contribution is 4.79. The van der Waals surface area contributed by atoms with E-state index in [-0.39, 0.29) is 28.7 Å². The van der Waals surface area contributed by atoms with Gasteiger partial charge < -0.3 is 29.2 Å². The first kappa shape index (κ1) is 26.4. The fourth-order valence-corrected chi connectivity index (χ4v) is 4.82. The van der Waals surface area contributed by atoms with Crippen molar-refractivity contribution in [3.8, 4) is 0 Å². The summed E-state index contributed by atoms with van der Waals surface area (Å²) < 4.78 is 21.5. The monoisotopic (exact) mass is 462 g/mol. The van der Waals surface area contributed by atoms with Gasteiger partial charge in [-0.2, -0.15) is 0 Å². The van der Waals surface area contributed by atoms with Crippen LogP contribution in [0.5, 0.6) is 0 Å². The average Bonchev–Trinajstić information content (AvgIpc) is 3.74. The van der Waals surface area contributed by atoms with Gasteiger partial charge in [0.2, 0.25) is 0 Å². The van der Waals surface area contributed by atoms with E-state index in [2.05, 4.69) is 13.8 Å². The predicted molar refractivity (Wildman–Crippen MR) is 131 cm³/mol. The summed E-state index contributed by atoms with van der Waals surface area (Å²) in [7, 11) is 0. The third-order valence-corrected chi connectivity index (χ3v) is 7.39. The molecule has 2 heterocycles. The second-order valence-corrected chi connectivity index (χ2v) is 10.6. The Morgan fingerprint density at radius 2 is 0.938 bits per heavy atom. The third kappa shape index (κ3) is 10.8. The molecule has 0 aromatic heterocycles. The molecule has 2 aliphatic heterocycles. The lowest BCUT2D eigenvalue weighted by Gasteiger charge is -2.33. The van der Waals surface area contributed by atoms with Crippen LogP contribution in [0.2, 0.25) is 0 Å². The topological polar surface area (TPSA) is 84.0 Å². The van der Waals surface area contributed by atoms with Gasteiger partial charge in [0.1, 0.15) is 0 Å². The van der Waals surface area contributed by atoms with Crippen molar-refractivity contribution in [2.75, 3.05) is 26.4 Å². The largest absolute Gasteiger partial charge is 0.390 e. The summed E-state index contributed by atoms with van der Waals surface area (Å²) >= 11 is 0. The van der Waals surface area contributed by atoms with E-state index in [9.17, 15) is 10.2 Å². The summed E-state index contributed by atoms with van der Waals surface area (Å²) in [6, 6.07) is 0. The molecule has 0 spiro atoms. The van der Waals surface area contributed by atoms with Crippen molar-refractivity contribution < 1.29 is 33.4 Å². The highest BCUT2D eigenvalue weighted by Crippen LogP contribution is 2.31. The fraction of sp³-hybridized carbons (Fsp3) is 1.00. The van der Waals surface area contributed by atoms with E-state index in [0.29, 0.717) is 24.0 Å². The van der Waals surface area contributed by atoms with Gasteiger partial charge in [-0.3, -0.25) is 0 Å². The quantitative estimate of drug-likeness (QED) is 0.542. The average molecular weight is 463 g/mol. The van der Waals surface area contributed by atoms with Gasteiger partial charge in [-0.25, -0.2) is 0 Å². The van der Waals surface area contributed by atoms with E-state index in [1.165, 1.54) is 38.5 Å². The fourth-order valence-electron chi connectivity index (χ4n) is 4.82. The maximum Gasteiger partial charge on any atom is 0.0834 e. The second kappa shape index (κ2) is 14.2. The van der Waals surface area contributed by atoms with E-state index in [0.717, 1.165) is 65.0 Å². The molecule has 3 saturated carbocycles. The Hall–Kier alpha value is -0.240. The lowest BCUT2D eigenvalue weighted by Crippen LogP contribution is -2.35. The number of epoxide rings is 2. The predicted octanol–water partition coefficient (Wildman–Crippen LogP) is 4.98. The summed E-state index contributed by atoms with van der Waals surface area (Å²) in [4.78, 5) is 0. The van der Waals surface area contributed by atoms with Crippen LogP contribution in [0.4, 0.5) is 0 Å². The van der Waals surface area contributed by atoms with Gasteiger partial charge in [0.05, 0.1) is 49.8 Å². The Labute approximate surface area is 199 Å². The summed E-state index contributed by atoms with van der Waals surface area (Å²) in [5, 5.41) is 20.0. The lowest BCUT2D eigenvalue weighted by atomic mass is 9.82. The summed E-state index contributed by atoms with van der Waals surface area (Å²) in [6.07, 6.45) is 14.2. The smallest absolute Gasteiger partial charge is 0.0834 e. The number of ether oxygens (including phenoxy) is 4. The molecule has 0 aromatic rings. The Morgan fingerprint density at radius 1 is 0.625 bits per heavy atom. The van der Waals surface area contributed by atoms with E-state index in [4.69, 9.17) is 18.9 Å². The standard InChI is InChI=1S/C20H36O4.2C3H6O.3H2/c21-17-5-1-3-7-19(17)23-13-15-9-11-16(12-10-15)14-24-20-8-4-2-6-18(20)22;2*1-3-2-4-3;;;/h15-22H,1-14H2;2*3H,2H2,1H3;3*1H. The number of aliphatic hydroxyl groups is 2. The zero-order valence-electron chi connectivity index (χ0n) is 20.5. The summed E-state index contributed by atoms with van der Waals surface area (Å²) in [5.74, 6) is 1.30. The first-order valence-corrected chi connectivity index (χ1v) is 13.3. The number of aliphatic hydroxyl groups excluding tert-OH is 2. The molecule has 2 N–H and O–H groups in total. The maximum atomic E-state index is 9.99. The molecule has 0 bridgehead atoms. The van der Waals surface area contributed by atoms with Crippen LogP contribution < -0.4 is 0 Å². The van der Waals surface area contributed by atoms with Gasteiger partial charge in [0, 0.05) is 17.5 Å². The SMILES string of the molecule is CC1CO1.CC1CO1.OC1CCCCC1OCC1CCC(COC2CCCCC2O)CC1.[HH].[HH].[HH]. The maximum absolute atomic E-state index is 9.99. The Balaban J connectivity index is 0.000000891. The first-order chi connectivity index (χ1) is 15.5. The van der Waals surface area contributed by atoms with Gasteiger partial charge in [0.25, 0.3) is 0 Å². The highest BCUT2D eigenvalue weighted by Gasteiger charge is 2.28. The van der Waals surface area contributed by atoms with Crippen LogP contribution in [-0.2, 0) is 18.9 Å². The molecule has 6 unspecified atom stereocenters. The van der Waals surface area contributed by atoms with Gasteiger partial charge in [0.15, 0.2) is 0 Å². The normalized spacial score (nSPS) is 40.9. The first-order valence-electron chi connectivity index (χ1n) is 13.3. The minimum atomic E-state index is -0.245. The van der Waals surface area contributed by atoms with Crippen molar-refractivity contribution in [2.24, 2.45) is 11.8 Å². The Morgan fingerprint density at radius 3 is 1.22 bits per heavy atom. The Bertz CT molecular complexity index is 457. The molecular formula is C26H54O6. The molecule has 32 heavy (non-hydrogen) atoms. The lowest BCUT2D eigenvalue weighted by molar-refractivity contribution is -0.0829. The van der Waals surface area contributed by atoms with Gasteiger partial charge in [-0.1, -0.05) is 25.7 Å². The van der Waals surface area contributed by atoms with Gasteiger partial charge in [-0.15, -0.1) is 0 Å². The van der Waals surface area contributed by atoms with Crippen molar-refractivity contribution in [2.45, 2.75) is 128 Å². The molecule has 6 nitrogen and oxygen atoms in total. The summed E-state index contributed by atoms with van der Waals surface area (Å²) in [6.45, 7) is 7.72. The van der Waals surface area contributed by atoms with E-state index in [1.807, 2.05) is 0 Å². The van der Waals surface area contributed by atoms with Crippen LogP contribution in [0.15, 0.2) is 0 Å². The molecule has 0 amide bonds. The van der Waals surface area contributed by atoms with E-state index >= 15 is 0 Å². The van der Waals surface area contributed by atoms with Crippen LogP contribution in [0.1, 0.15) is 95.2 Å². The van der Waals surface area contributed by atoms with Crippen molar-refractivity contribution in [3.05, 3.63) is 0 Å². The molecule has 194 valence electrons. The molecular weight excluding hydrogens is 408 g/mol. The molecule has 5 rings (SSSR count). The highest BCUT2D eigenvalue weighted by atomic mass is 16.6. The Kier molecular flexibility index (Phi) is 11.7. The van der Waals surface area contributed by atoms with Crippen LogP contribution in [0.25, 0.3) is 0 Å². The molecule has 6 heteroatoms. The molecule has 0 radical (unpaired) electrons.